The normalized spacial score (nSPS) is 10.3. The molecule has 184 valence electrons. The van der Waals surface area contributed by atoms with Gasteiger partial charge in [-0.05, 0) is 60.9 Å². The SMILES string of the molecule is COc1ccc(NC(=O)CCc2cc(OC)c(OC)c(OC)c2)cc1NC(=O)c1ccccc1C. The van der Waals surface area contributed by atoms with E-state index in [1.165, 1.54) is 7.11 Å². The molecular weight excluding hydrogens is 448 g/mol. The Morgan fingerprint density at radius 3 is 2.03 bits per heavy atom. The Hall–Kier alpha value is -4.20. The van der Waals surface area contributed by atoms with Crippen LogP contribution in [0.25, 0.3) is 0 Å². The van der Waals surface area contributed by atoms with Crippen LogP contribution in [-0.2, 0) is 11.2 Å². The molecule has 0 bridgehead atoms. The minimum absolute atomic E-state index is 0.180. The molecule has 8 heteroatoms. The van der Waals surface area contributed by atoms with Gasteiger partial charge in [-0.25, -0.2) is 0 Å². The van der Waals surface area contributed by atoms with Crippen LogP contribution >= 0.6 is 0 Å². The Morgan fingerprint density at radius 1 is 0.771 bits per heavy atom. The summed E-state index contributed by atoms with van der Waals surface area (Å²) in [5, 5.41) is 5.75. The Labute approximate surface area is 205 Å². The fourth-order valence-electron chi connectivity index (χ4n) is 3.66. The second-order valence-corrected chi connectivity index (χ2v) is 7.77. The maximum Gasteiger partial charge on any atom is 0.256 e. The van der Waals surface area contributed by atoms with Crippen molar-refractivity contribution < 1.29 is 28.5 Å². The van der Waals surface area contributed by atoms with Gasteiger partial charge in [-0.15, -0.1) is 0 Å². The molecule has 0 fully saturated rings. The smallest absolute Gasteiger partial charge is 0.256 e. The van der Waals surface area contributed by atoms with Gasteiger partial charge in [0.2, 0.25) is 11.7 Å². The Kier molecular flexibility index (Phi) is 8.56. The average Bonchev–Trinajstić information content (AvgIpc) is 2.87. The number of anilines is 2. The molecule has 0 aromatic heterocycles. The van der Waals surface area contributed by atoms with Crippen molar-refractivity contribution >= 4 is 23.2 Å². The maximum absolute atomic E-state index is 12.8. The van der Waals surface area contributed by atoms with Crippen molar-refractivity contribution in [1.82, 2.24) is 0 Å². The summed E-state index contributed by atoms with van der Waals surface area (Å²) >= 11 is 0. The highest BCUT2D eigenvalue weighted by atomic mass is 16.5. The van der Waals surface area contributed by atoms with Gasteiger partial charge in [0.1, 0.15) is 5.75 Å². The third-order valence-electron chi connectivity index (χ3n) is 5.49. The van der Waals surface area contributed by atoms with Crippen molar-refractivity contribution in [2.45, 2.75) is 19.8 Å². The number of hydrogen-bond donors (Lipinski definition) is 2. The molecule has 0 aliphatic heterocycles. The molecule has 2 amide bonds. The lowest BCUT2D eigenvalue weighted by molar-refractivity contribution is -0.116. The lowest BCUT2D eigenvalue weighted by Crippen LogP contribution is -2.15. The average molecular weight is 479 g/mol. The van der Waals surface area contributed by atoms with E-state index in [-0.39, 0.29) is 18.2 Å². The van der Waals surface area contributed by atoms with Crippen molar-refractivity contribution in [1.29, 1.82) is 0 Å². The standard InChI is InChI=1S/C27H30N2O6/c1-17-8-6-7-9-20(17)27(31)29-21-16-19(11-12-22(21)32-2)28-25(30)13-10-18-14-23(33-3)26(35-5)24(15-18)34-4/h6-9,11-12,14-16H,10,13H2,1-5H3,(H,28,30)(H,29,31). The van der Waals surface area contributed by atoms with E-state index >= 15 is 0 Å². The van der Waals surface area contributed by atoms with E-state index in [9.17, 15) is 9.59 Å². The van der Waals surface area contributed by atoms with Crippen LogP contribution in [0, 0.1) is 6.92 Å². The molecule has 3 aromatic carbocycles. The Morgan fingerprint density at radius 2 is 1.43 bits per heavy atom. The molecular formula is C27H30N2O6. The van der Waals surface area contributed by atoms with Crippen LogP contribution in [-0.4, -0.2) is 40.3 Å². The molecule has 0 unspecified atom stereocenters. The van der Waals surface area contributed by atoms with Gasteiger partial charge in [-0.1, -0.05) is 18.2 Å². The van der Waals surface area contributed by atoms with Crippen LogP contribution in [0.5, 0.6) is 23.0 Å². The van der Waals surface area contributed by atoms with Crippen molar-refractivity contribution in [3.63, 3.8) is 0 Å². The number of methoxy groups -OCH3 is 4. The number of aryl methyl sites for hydroxylation is 2. The van der Waals surface area contributed by atoms with Crippen molar-refractivity contribution in [3.8, 4) is 23.0 Å². The van der Waals surface area contributed by atoms with Gasteiger partial charge in [-0.2, -0.15) is 0 Å². The monoisotopic (exact) mass is 478 g/mol. The van der Waals surface area contributed by atoms with Crippen LogP contribution < -0.4 is 29.6 Å². The zero-order valence-corrected chi connectivity index (χ0v) is 20.6. The molecule has 8 nitrogen and oxygen atoms in total. The van der Waals surface area contributed by atoms with Crippen LogP contribution in [0.15, 0.2) is 54.6 Å². The van der Waals surface area contributed by atoms with Crippen LogP contribution in [0.2, 0.25) is 0 Å². The topological polar surface area (TPSA) is 95.1 Å². The summed E-state index contributed by atoms with van der Waals surface area (Å²) in [5.41, 5.74) is 3.30. The zero-order valence-electron chi connectivity index (χ0n) is 20.6. The number of amides is 2. The number of benzene rings is 3. The van der Waals surface area contributed by atoms with E-state index in [2.05, 4.69) is 10.6 Å². The number of hydrogen-bond acceptors (Lipinski definition) is 6. The summed E-state index contributed by atoms with van der Waals surface area (Å²) < 4.78 is 21.5. The molecule has 0 heterocycles. The second kappa shape index (κ2) is 11.8. The van der Waals surface area contributed by atoms with Crippen molar-refractivity contribution in [2.24, 2.45) is 0 Å². The first-order valence-electron chi connectivity index (χ1n) is 11.0. The van der Waals surface area contributed by atoms with E-state index < -0.39 is 0 Å². The first-order chi connectivity index (χ1) is 16.9. The fourth-order valence-corrected chi connectivity index (χ4v) is 3.66. The van der Waals surface area contributed by atoms with Crippen molar-refractivity contribution in [2.75, 3.05) is 39.1 Å². The minimum Gasteiger partial charge on any atom is -0.495 e. The fraction of sp³-hybridized carbons (Fsp3) is 0.259. The number of rotatable bonds is 10. The molecule has 3 aromatic rings. The molecule has 0 aliphatic rings. The molecule has 0 spiro atoms. The summed E-state index contributed by atoms with van der Waals surface area (Å²) in [6, 6.07) is 16.0. The lowest BCUT2D eigenvalue weighted by Gasteiger charge is -2.15. The molecule has 0 radical (unpaired) electrons. The highest BCUT2D eigenvalue weighted by Crippen LogP contribution is 2.38. The molecule has 35 heavy (non-hydrogen) atoms. The van der Waals surface area contributed by atoms with Gasteiger partial charge in [0.05, 0.1) is 34.1 Å². The van der Waals surface area contributed by atoms with Gasteiger partial charge >= 0.3 is 0 Å². The van der Waals surface area contributed by atoms with Gasteiger partial charge in [0.25, 0.3) is 5.91 Å². The summed E-state index contributed by atoms with van der Waals surface area (Å²) in [6.45, 7) is 1.87. The number of nitrogens with one attached hydrogen (secondary N) is 2. The third-order valence-corrected chi connectivity index (χ3v) is 5.49. The van der Waals surface area contributed by atoms with Gasteiger partial charge in [-0.3, -0.25) is 9.59 Å². The predicted molar refractivity (Wildman–Crippen MR) is 135 cm³/mol. The molecule has 0 saturated carbocycles. The van der Waals surface area contributed by atoms with Crippen LogP contribution in [0.3, 0.4) is 0 Å². The number of carbonyl (C=O) groups is 2. The molecule has 0 aliphatic carbocycles. The van der Waals surface area contributed by atoms with Gasteiger partial charge in [0.15, 0.2) is 11.5 Å². The van der Waals surface area contributed by atoms with Crippen molar-refractivity contribution in [3.05, 3.63) is 71.3 Å². The highest BCUT2D eigenvalue weighted by Gasteiger charge is 2.15. The minimum atomic E-state index is -0.257. The number of carbonyl (C=O) groups excluding carboxylic acids is 2. The Balaban J connectivity index is 1.70. The number of ether oxygens (including phenoxy) is 4. The summed E-state index contributed by atoms with van der Waals surface area (Å²) in [4.78, 5) is 25.4. The Bertz CT molecular complexity index is 1180. The van der Waals surface area contributed by atoms with E-state index in [1.807, 2.05) is 37.3 Å². The molecule has 0 atom stereocenters. The molecule has 2 N–H and O–H groups in total. The van der Waals surface area contributed by atoms with E-state index in [0.717, 1.165) is 11.1 Å². The summed E-state index contributed by atoms with van der Waals surface area (Å²) in [5.74, 6) is 1.62. The van der Waals surface area contributed by atoms with E-state index in [4.69, 9.17) is 18.9 Å². The summed E-state index contributed by atoms with van der Waals surface area (Å²) in [6.07, 6.45) is 0.700. The zero-order chi connectivity index (χ0) is 25.4. The van der Waals surface area contributed by atoms with Crippen LogP contribution in [0.1, 0.15) is 27.9 Å². The molecule has 3 rings (SSSR count). The maximum atomic E-state index is 12.8. The summed E-state index contributed by atoms with van der Waals surface area (Å²) in [7, 11) is 6.16. The van der Waals surface area contributed by atoms with E-state index in [1.54, 1.807) is 45.6 Å². The molecule has 0 saturated heterocycles. The van der Waals surface area contributed by atoms with Gasteiger partial charge < -0.3 is 29.6 Å². The lowest BCUT2D eigenvalue weighted by atomic mass is 10.1. The van der Waals surface area contributed by atoms with E-state index in [0.29, 0.717) is 46.4 Å². The predicted octanol–water partition coefficient (Wildman–Crippen LogP) is 4.85. The van der Waals surface area contributed by atoms with Crippen LogP contribution in [0.4, 0.5) is 11.4 Å². The van der Waals surface area contributed by atoms with Gasteiger partial charge in [0, 0.05) is 17.7 Å². The first-order valence-corrected chi connectivity index (χ1v) is 11.0. The largest absolute Gasteiger partial charge is 0.495 e. The first kappa shape index (κ1) is 25.4. The second-order valence-electron chi connectivity index (χ2n) is 7.77. The quantitative estimate of drug-likeness (QED) is 0.432. The highest BCUT2D eigenvalue weighted by molar-refractivity contribution is 6.06. The third kappa shape index (κ3) is 6.23.